The van der Waals surface area contributed by atoms with Gasteiger partial charge in [-0.15, -0.1) is 0 Å². The first-order valence-corrected chi connectivity index (χ1v) is 10.6. The van der Waals surface area contributed by atoms with Crippen molar-refractivity contribution in [2.75, 3.05) is 25.1 Å². The number of carbonyl (C=O) groups is 1. The first-order valence-electron chi connectivity index (χ1n) is 10.2. The van der Waals surface area contributed by atoms with Gasteiger partial charge in [0.1, 0.15) is 5.75 Å². The van der Waals surface area contributed by atoms with E-state index in [0.717, 1.165) is 58.7 Å². The number of ether oxygens (including phenoxy) is 1. The highest BCUT2D eigenvalue weighted by molar-refractivity contribution is 6.30. The predicted octanol–water partition coefficient (Wildman–Crippen LogP) is 4.45. The minimum Gasteiger partial charge on any atom is -0.495 e. The van der Waals surface area contributed by atoms with Gasteiger partial charge in [-0.2, -0.15) is 0 Å². The van der Waals surface area contributed by atoms with Crippen molar-refractivity contribution in [1.82, 2.24) is 10.3 Å². The lowest BCUT2D eigenvalue weighted by Crippen LogP contribution is -2.38. The molecule has 1 fully saturated rings. The van der Waals surface area contributed by atoms with Gasteiger partial charge in [-0.05, 0) is 55.7 Å². The van der Waals surface area contributed by atoms with E-state index in [9.17, 15) is 4.79 Å². The van der Waals surface area contributed by atoms with Crippen LogP contribution in [0.1, 0.15) is 23.2 Å². The molecule has 5 nitrogen and oxygen atoms in total. The summed E-state index contributed by atoms with van der Waals surface area (Å²) in [7, 11) is 1.66. The van der Waals surface area contributed by atoms with Crippen LogP contribution >= 0.6 is 11.6 Å². The standard InChI is InChI=1S/C24H26ClN3O2/c1-15-19-6-4-5-7-21(19)26-16(2)20(15)13-24(29)27-18-10-11-28(14-18)22-12-17(25)8-9-23(22)30-3/h4-9,12,18H,10-11,13-14H2,1-3H3,(H,27,29)/t18-/m1/s1. The number of nitrogens with zero attached hydrogens (tertiary/aromatic N) is 2. The third-order valence-electron chi connectivity index (χ3n) is 5.86. The van der Waals surface area contributed by atoms with Gasteiger partial charge >= 0.3 is 0 Å². The molecule has 1 atom stereocenters. The van der Waals surface area contributed by atoms with Crippen LogP contribution in [-0.4, -0.2) is 37.1 Å². The Morgan fingerprint density at radius 2 is 2.07 bits per heavy atom. The number of nitrogens with one attached hydrogen (secondary N) is 1. The molecule has 0 aliphatic carbocycles. The van der Waals surface area contributed by atoms with Crippen molar-refractivity contribution in [3.63, 3.8) is 0 Å². The van der Waals surface area contributed by atoms with E-state index in [1.54, 1.807) is 7.11 Å². The highest BCUT2D eigenvalue weighted by Crippen LogP contribution is 2.33. The van der Waals surface area contributed by atoms with E-state index in [1.807, 2.05) is 43.3 Å². The van der Waals surface area contributed by atoms with Crippen LogP contribution in [0, 0.1) is 13.8 Å². The van der Waals surface area contributed by atoms with Crippen LogP contribution in [0.15, 0.2) is 42.5 Å². The second kappa shape index (κ2) is 8.52. The monoisotopic (exact) mass is 423 g/mol. The summed E-state index contributed by atoms with van der Waals surface area (Å²) < 4.78 is 5.47. The number of halogens is 1. The summed E-state index contributed by atoms with van der Waals surface area (Å²) >= 11 is 6.18. The molecule has 4 rings (SSSR count). The zero-order valence-electron chi connectivity index (χ0n) is 17.5. The van der Waals surface area contributed by atoms with Gasteiger partial charge in [-0.3, -0.25) is 9.78 Å². The number of methoxy groups -OCH3 is 1. The van der Waals surface area contributed by atoms with Crippen LogP contribution in [0.3, 0.4) is 0 Å². The number of hydrogen-bond donors (Lipinski definition) is 1. The fourth-order valence-electron chi connectivity index (χ4n) is 4.28. The van der Waals surface area contributed by atoms with Gasteiger partial charge in [0, 0.05) is 35.2 Å². The van der Waals surface area contributed by atoms with Gasteiger partial charge in [0.25, 0.3) is 0 Å². The number of para-hydroxylation sites is 1. The van der Waals surface area contributed by atoms with Gasteiger partial charge in [0.05, 0.1) is 24.7 Å². The third-order valence-corrected chi connectivity index (χ3v) is 6.09. The van der Waals surface area contributed by atoms with Gasteiger partial charge in [-0.25, -0.2) is 0 Å². The Morgan fingerprint density at radius 3 is 2.87 bits per heavy atom. The average Bonchev–Trinajstić information content (AvgIpc) is 3.19. The lowest BCUT2D eigenvalue weighted by atomic mass is 9.99. The van der Waals surface area contributed by atoms with E-state index in [-0.39, 0.29) is 11.9 Å². The van der Waals surface area contributed by atoms with E-state index in [2.05, 4.69) is 28.2 Å². The second-order valence-electron chi connectivity index (χ2n) is 7.81. The molecule has 1 aromatic heterocycles. The van der Waals surface area contributed by atoms with Crippen molar-refractivity contribution in [3.8, 4) is 5.75 Å². The first-order chi connectivity index (χ1) is 14.5. The molecule has 1 aliphatic heterocycles. The topological polar surface area (TPSA) is 54.5 Å². The molecule has 1 amide bonds. The van der Waals surface area contributed by atoms with Crippen LogP contribution in [0.5, 0.6) is 5.75 Å². The number of carbonyl (C=O) groups excluding carboxylic acids is 1. The van der Waals surface area contributed by atoms with E-state index in [4.69, 9.17) is 16.3 Å². The summed E-state index contributed by atoms with van der Waals surface area (Å²) in [6.07, 6.45) is 1.22. The molecule has 30 heavy (non-hydrogen) atoms. The quantitative estimate of drug-likeness (QED) is 0.658. The van der Waals surface area contributed by atoms with Crippen LogP contribution in [0.2, 0.25) is 5.02 Å². The Morgan fingerprint density at radius 1 is 1.27 bits per heavy atom. The number of hydrogen-bond acceptors (Lipinski definition) is 4. The molecule has 0 unspecified atom stereocenters. The highest BCUT2D eigenvalue weighted by atomic mass is 35.5. The molecule has 6 heteroatoms. The van der Waals surface area contributed by atoms with E-state index in [1.165, 1.54) is 0 Å². The molecule has 0 saturated carbocycles. The lowest BCUT2D eigenvalue weighted by Gasteiger charge is -2.22. The fourth-order valence-corrected chi connectivity index (χ4v) is 4.44. The van der Waals surface area contributed by atoms with Gasteiger partial charge in [0.15, 0.2) is 0 Å². The van der Waals surface area contributed by atoms with Gasteiger partial charge < -0.3 is 15.0 Å². The lowest BCUT2D eigenvalue weighted by molar-refractivity contribution is -0.121. The molecule has 1 aliphatic rings. The number of benzene rings is 2. The zero-order valence-corrected chi connectivity index (χ0v) is 18.3. The molecule has 1 saturated heterocycles. The van der Waals surface area contributed by atoms with Crippen LogP contribution in [-0.2, 0) is 11.2 Å². The molecule has 0 bridgehead atoms. The largest absolute Gasteiger partial charge is 0.495 e. The van der Waals surface area contributed by atoms with Crippen molar-refractivity contribution in [1.29, 1.82) is 0 Å². The third kappa shape index (κ3) is 4.08. The molecule has 3 aromatic rings. The highest BCUT2D eigenvalue weighted by Gasteiger charge is 2.26. The molecule has 156 valence electrons. The number of amides is 1. The number of anilines is 1. The number of aryl methyl sites for hydroxylation is 2. The molecule has 2 heterocycles. The summed E-state index contributed by atoms with van der Waals surface area (Å²) in [5, 5.41) is 4.98. The Hall–Kier alpha value is -2.79. The van der Waals surface area contributed by atoms with Crippen molar-refractivity contribution in [2.24, 2.45) is 0 Å². The molecular weight excluding hydrogens is 398 g/mol. The maximum Gasteiger partial charge on any atom is 0.224 e. The SMILES string of the molecule is COc1ccc(Cl)cc1N1CC[C@@H](NC(=O)Cc2c(C)nc3ccccc3c2C)C1. The number of pyridine rings is 1. The van der Waals surface area contributed by atoms with E-state index >= 15 is 0 Å². The summed E-state index contributed by atoms with van der Waals surface area (Å²) in [5.41, 5.74) is 4.99. The average molecular weight is 424 g/mol. The smallest absolute Gasteiger partial charge is 0.224 e. The molecule has 0 radical (unpaired) electrons. The summed E-state index contributed by atoms with van der Waals surface area (Å²) in [5.74, 6) is 0.822. The molecule has 0 spiro atoms. The van der Waals surface area contributed by atoms with Crippen LogP contribution < -0.4 is 15.0 Å². The minimum atomic E-state index is 0.0307. The summed E-state index contributed by atoms with van der Waals surface area (Å²) in [4.78, 5) is 19.7. The number of aromatic nitrogens is 1. The number of fused-ring (bicyclic) bond motifs is 1. The Labute approximate surface area is 182 Å². The summed E-state index contributed by atoms with van der Waals surface area (Å²) in [6, 6.07) is 13.8. The van der Waals surface area contributed by atoms with Crippen molar-refractivity contribution < 1.29 is 9.53 Å². The maximum atomic E-state index is 12.8. The van der Waals surface area contributed by atoms with Gasteiger partial charge in [-0.1, -0.05) is 29.8 Å². The van der Waals surface area contributed by atoms with E-state index in [0.29, 0.717) is 11.4 Å². The van der Waals surface area contributed by atoms with Gasteiger partial charge in [0.2, 0.25) is 5.91 Å². The normalized spacial score (nSPS) is 16.1. The predicted molar refractivity (Wildman–Crippen MR) is 122 cm³/mol. The minimum absolute atomic E-state index is 0.0307. The molecule has 2 aromatic carbocycles. The van der Waals surface area contributed by atoms with Crippen molar-refractivity contribution in [2.45, 2.75) is 32.7 Å². The van der Waals surface area contributed by atoms with Crippen molar-refractivity contribution in [3.05, 3.63) is 64.3 Å². The Bertz CT molecular complexity index is 1100. The van der Waals surface area contributed by atoms with Crippen molar-refractivity contribution >= 4 is 34.1 Å². The zero-order chi connectivity index (χ0) is 21.3. The molecular formula is C24H26ClN3O2. The number of rotatable bonds is 5. The van der Waals surface area contributed by atoms with E-state index < -0.39 is 0 Å². The first kappa shape index (κ1) is 20.5. The second-order valence-corrected chi connectivity index (χ2v) is 8.25. The molecule has 1 N–H and O–H groups in total. The Balaban J connectivity index is 1.45. The van der Waals surface area contributed by atoms with Crippen LogP contribution in [0.25, 0.3) is 10.9 Å². The maximum absolute atomic E-state index is 12.8. The Kier molecular flexibility index (Phi) is 5.82. The fraction of sp³-hybridized carbons (Fsp3) is 0.333. The summed E-state index contributed by atoms with van der Waals surface area (Å²) in [6.45, 7) is 5.63. The van der Waals surface area contributed by atoms with Crippen LogP contribution in [0.4, 0.5) is 5.69 Å².